The Morgan fingerprint density at radius 3 is 2.29 bits per heavy atom. The molecule has 0 amide bonds. The SMILES string of the molecule is O=C(O)CC(c1ccc(O)cc1)n1cccc1. The van der Waals surface area contributed by atoms with Crippen LogP contribution >= 0.6 is 0 Å². The number of aromatic hydroxyl groups is 1. The fourth-order valence-corrected chi connectivity index (χ4v) is 1.81. The minimum atomic E-state index is -0.850. The van der Waals surface area contributed by atoms with Crippen molar-refractivity contribution in [2.45, 2.75) is 12.5 Å². The molecule has 2 N–H and O–H groups in total. The number of aromatic nitrogens is 1. The highest BCUT2D eigenvalue weighted by Gasteiger charge is 2.16. The van der Waals surface area contributed by atoms with Crippen LogP contribution in [0, 0.1) is 0 Å². The highest BCUT2D eigenvalue weighted by atomic mass is 16.4. The Kier molecular flexibility index (Phi) is 3.14. The van der Waals surface area contributed by atoms with Gasteiger partial charge in [-0.15, -0.1) is 0 Å². The van der Waals surface area contributed by atoms with Crippen LogP contribution in [0.3, 0.4) is 0 Å². The summed E-state index contributed by atoms with van der Waals surface area (Å²) in [7, 11) is 0. The zero-order valence-electron chi connectivity index (χ0n) is 9.15. The first-order valence-corrected chi connectivity index (χ1v) is 5.30. The molecule has 0 radical (unpaired) electrons. The lowest BCUT2D eigenvalue weighted by atomic mass is 10.0. The van der Waals surface area contributed by atoms with E-state index < -0.39 is 5.97 Å². The molecule has 1 aromatic carbocycles. The van der Waals surface area contributed by atoms with Crippen LogP contribution in [0.1, 0.15) is 18.0 Å². The predicted octanol–water partition coefficient (Wildman–Crippen LogP) is 2.26. The van der Waals surface area contributed by atoms with E-state index in [4.69, 9.17) is 5.11 Å². The van der Waals surface area contributed by atoms with Crippen LogP contribution in [-0.4, -0.2) is 20.7 Å². The van der Waals surface area contributed by atoms with E-state index in [1.54, 1.807) is 24.3 Å². The second-order valence-electron chi connectivity index (χ2n) is 3.84. The van der Waals surface area contributed by atoms with Crippen LogP contribution in [-0.2, 0) is 4.79 Å². The standard InChI is InChI=1S/C13H13NO3/c15-11-5-3-10(4-6-11)12(9-13(16)17)14-7-1-2-8-14/h1-8,12,15H,9H2,(H,16,17). The molecule has 4 nitrogen and oxygen atoms in total. The van der Waals surface area contributed by atoms with Crippen LogP contribution in [0.15, 0.2) is 48.8 Å². The molecule has 4 heteroatoms. The highest BCUT2D eigenvalue weighted by Crippen LogP contribution is 2.24. The molecule has 0 aliphatic rings. The zero-order valence-corrected chi connectivity index (χ0v) is 9.15. The lowest BCUT2D eigenvalue weighted by Gasteiger charge is -2.17. The summed E-state index contributed by atoms with van der Waals surface area (Å²) in [6, 6.07) is 10.1. The maximum atomic E-state index is 10.9. The molecule has 2 aromatic rings. The molecule has 88 valence electrons. The fraction of sp³-hybridized carbons (Fsp3) is 0.154. The molecule has 1 atom stereocenters. The molecule has 1 heterocycles. The summed E-state index contributed by atoms with van der Waals surface area (Å²) in [5.74, 6) is -0.674. The van der Waals surface area contributed by atoms with Gasteiger partial charge in [0.15, 0.2) is 0 Å². The van der Waals surface area contributed by atoms with E-state index in [9.17, 15) is 9.90 Å². The van der Waals surface area contributed by atoms with Crippen molar-refractivity contribution in [2.75, 3.05) is 0 Å². The minimum absolute atomic E-state index is 0.0133. The largest absolute Gasteiger partial charge is 0.508 e. The molecule has 17 heavy (non-hydrogen) atoms. The van der Waals surface area contributed by atoms with Crippen molar-refractivity contribution in [1.82, 2.24) is 4.57 Å². The maximum Gasteiger partial charge on any atom is 0.305 e. The number of carbonyl (C=O) groups is 1. The number of rotatable bonds is 4. The van der Waals surface area contributed by atoms with Crippen LogP contribution < -0.4 is 0 Å². The van der Waals surface area contributed by atoms with Crippen LogP contribution in [0.2, 0.25) is 0 Å². The van der Waals surface area contributed by atoms with Crippen molar-refractivity contribution in [3.63, 3.8) is 0 Å². The second-order valence-corrected chi connectivity index (χ2v) is 3.84. The van der Waals surface area contributed by atoms with E-state index in [0.717, 1.165) is 5.56 Å². The number of hydrogen-bond acceptors (Lipinski definition) is 2. The van der Waals surface area contributed by atoms with E-state index in [2.05, 4.69) is 0 Å². The number of phenols is 1. The number of hydrogen-bond donors (Lipinski definition) is 2. The van der Waals surface area contributed by atoms with E-state index in [1.165, 1.54) is 0 Å². The average molecular weight is 231 g/mol. The Morgan fingerprint density at radius 2 is 1.76 bits per heavy atom. The van der Waals surface area contributed by atoms with Crippen molar-refractivity contribution < 1.29 is 15.0 Å². The first-order valence-electron chi connectivity index (χ1n) is 5.30. The van der Waals surface area contributed by atoms with Crippen molar-refractivity contribution in [1.29, 1.82) is 0 Å². The van der Waals surface area contributed by atoms with Gasteiger partial charge in [0, 0.05) is 12.4 Å². The third-order valence-corrected chi connectivity index (χ3v) is 2.63. The van der Waals surface area contributed by atoms with Gasteiger partial charge in [-0.25, -0.2) is 0 Å². The number of phenolic OH excluding ortho intramolecular Hbond substituents is 1. The molecule has 0 saturated carbocycles. The monoisotopic (exact) mass is 231 g/mol. The summed E-state index contributed by atoms with van der Waals surface area (Å²) in [5.41, 5.74) is 0.862. The third-order valence-electron chi connectivity index (χ3n) is 2.63. The van der Waals surface area contributed by atoms with Gasteiger partial charge in [-0.05, 0) is 29.8 Å². The van der Waals surface area contributed by atoms with Gasteiger partial charge in [0.2, 0.25) is 0 Å². The molecule has 0 aliphatic heterocycles. The van der Waals surface area contributed by atoms with E-state index in [1.807, 2.05) is 29.1 Å². The number of aliphatic carboxylic acids is 1. The molecule has 2 rings (SSSR count). The van der Waals surface area contributed by atoms with Crippen molar-refractivity contribution in [3.8, 4) is 5.75 Å². The summed E-state index contributed by atoms with van der Waals surface area (Å²) in [6.45, 7) is 0. The summed E-state index contributed by atoms with van der Waals surface area (Å²) in [4.78, 5) is 10.9. The van der Waals surface area contributed by atoms with Crippen molar-refractivity contribution >= 4 is 5.97 Å². The first kappa shape index (κ1) is 11.3. The zero-order chi connectivity index (χ0) is 12.3. The first-order chi connectivity index (χ1) is 8.16. The van der Waals surface area contributed by atoms with E-state index >= 15 is 0 Å². The Hall–Kier alpha value is -2.23. The van der Waals surface area contributed by atoms with Gasteiger partial charge in [0.05, 0.1) is 12.5 Å². The Bertz CT molecular complexity index is 488. The van der Waals surface area contributed by atoms with Crippen LogP contribution in [0.4, 0.5) is 0 Å². The molecule has 0 fully saturated rings. The Morgan fingerprint density at radius 1 is 1.18 bits per heavy atom. The molecule has 0 spiro atoms. The van der Waals surface area contributed by atoms with Gasteiger partial charge in [-0.1, -0.05) is 12.1 Å². The topological polar surface area (TPSA) is 62.5 Å². The number of carboxylic acid groups (broad SMARTS) is 1. The third kappa shape index (κ3) is 2.66. The fourth-order valence-electron chi connectivity index (χ4n) is 1.81. The molecule has 0 bridgehead atoms. The molecule has 0 saturated heterocycles. The van der Waals surface area contributed by atoms with Crippen molar-refractivity contribution in [3.05, 3.63) is 54.4 Å². The predicted molar refractivity (Wildman–Crippen MR) is 62.9 cm³/mol. The van der Waals surface area contributed by atoms with Crippen LogP contribution in [0.25, 0.3) is 0 Å². The summed E-state index contributed by atoms with van der Waals surface area (Å²) >= 11 is 0. The lowest BCUT2D eigenvalue weighted by Crippen LogP contribution is -2.13. The molecule has 0 aliphatic carbocycles. The number of benzene rings is 1. The lowest BCUT2D eigenvalue weighted by molar-refractivity contribution is -0.137. The molecule has 1 aromatic heterocycles. The van der Waals surface area contributed by atoms with E-state index in [0.29, 0.717) is 0 Å². The second kappa shape index (κ2) is 4.74. The quantitative estimate of drug-likeness (QED) is 0.848. The maximum absolute atomic E-state index is 10.9. The summed E-state index contributed by atoms with van der Waals surface area (Å²) in [6.07, 6.45) is 3.68. The van der Waals surface area contributed by atoms with Gasteiger partial charge < -0.3 is 14.8 Å². The number of carboxylic acids is 1. The molecule has 1 unspecified atom stereocenters. The number of nitrogens with zero attached hydrogens (tertiary/aromatic N) is 1. The average Bonchev–Trinajstić information content (AvgIpc) is 2.80. The van der Waals surface area contributed by atoms with E-state index in [-0.39, 0.29) is 18.2 Å². The van der Waals surface area contributed by atoms with Gasteiger partial charge in [-0.2, -0.15) is 0 Å². The normalized spacial score (nSPS) is 12.2. The molecular formula is C13H13NO3. The Balaban J connectivity index is 2.33. The summed E-state index contributed by atoms with van der Waals surface area (Å²) < 4.78 is 1.85. The van der Waals surface area contributed by atoms with Gasteiger partial charge >= 0.3 is 5.97 Å². The Labute approximate surface area is 98.8 Å². The molecular weight excluding hydrogens is 218 g/mol. The summed E-state index contributed by atoms with van der Waals surface area (Å²) in [5, 5.41) is 18.2. The van der Waals surface area contributed by atoms with Crippen molar-refractivity contribution in [2.24, 2.45) is 0 Å². The van der Waals surface area contributed by atoms with Gasteiger partial charge in [0.25, 0.3) is 0 Å². The highest BCUT2D eigenvalue weighted by molar-refractivity contribution is 5.68. The minimum Gasteiger partial charge on any atom is -0.508 e. The van der Waals surface area contributed by atoms with Gasteiger partial charge in [-0.3, -0.25) is 4.79 Å². The van der Waals surface area contributed by atoms with Crippen LogP contribution in [0.5, 0.6) is 5.75 Å². The van der Waals surface area contributed by atoms with Gasteiger partial charge in [0.1, 0.15) is 5.75 Å². The smallest absolute Gasteiger partial charge is 0.305 e.